The molecule has 0 saturated carbocycles. The van der Waals surface area contributed by atoms with E-state index in [2.05, 4.69) is 10.1 Å². The number of amides is 1. The van der Waals surface area contributed by atoms with Gasteiger partial charge in [0.1, 0.15) is 5.82 Å². The molecule has 1 atom stereocenters. The molecule has 3 heterocycles. The largest absolute Gasteiger partial charge is 0.338 e. The summed E-state index contributed by atoms with van der Waals surface area (Å²) in [5.74, 6) is 0.176. The molecule has 0 bridgehead atoms. The third-order valence-electron chi connectivity index (χ3n) is 5.22. The van der Waals surface area contributed by atoms with Gasteiger partial charge in [-0.1, -0.05) is 12.1 Å². The SMILES string of the molecule is Cc1ccc(CC2CCN(C(=O)c3cnc4ccnn4c3C)C2)cc1F. The van der Waals surface area contributed by atoms with Gasteiger partial charge in [0.15, 0.2) is 5.65 Å². The minimum atomic E-state index is -0.164. The molecule has 134 valence electrons. The molecule has 1 amide bonds. The Labute approximate surface area is 151 Å². The Balaban J connectivity index is 1.48. The maximum Gasteiger partial charge on any atom is 0.257 e. The number of fused-ring (bicyclic) bond motifs is 1. The molecule has 4 rings (SSSR count). The van der Waals surface area contributed by atoms with Crippen molar-refractivity contribution in [2.75, 3.05) is 13.1 Å². The summed E-state index contributed by atoms with van der Waals surface area (Å²) >= 11 is 0. The van der Waals surface area contributed by atoms with Crippen molar-refractivity contribution in [1.82, 2.24) is 19.5 Å². The van der Waals surface area contributed by atoms with Crippen molar-refractivity contribution < 1.29 is 9.18 Å². The molecule has 26 heavy (non-hydrogen) atoms. The summed E-state index contributed by atoms with van der Waals surface area (Å²) in [4.78, 5) is 19.1. The zero-order chi connectivity index (χ0) is 18.3. The first-order chi connectivity index (χ1) is 12.5. The van der Waals surface area contributed by atoms with Crippen LogP contribution in [0.1, 0.15) is 33.6 Å². The lowest BCUT2D eigenvalue weighted by atomic mass is 9.98. The van der Waals surface area contributed by atoms with E-state index in [1.54, 1.807) is 29.9 Å². The van der Waals surface area contributed by atoms with Gasteiger partial charge >= 0.3 is 0 Å². The maximum atomic E-state index is 13.7. The summed E-state index contributed by atoms with van der Waals surface area (Å²) in [7, 11) is 0. The third-order valence-corrected chi connectivity index (χ3v) is 5.22. The van der Waals surface area contributed by atoms with Crippen LogP contribution in [0.4, 0.5) is 4.39 Å². The van der Waals surface area contributed by atoms with E-state index in [0.717, 1.165) is 29.7 Å². The fraction of sp³-hybridized carbons (Fsp3) is 0.350. The predicted molar refractivity (Wildman–Crippen MR) is 96.6 cm³/mol. The maximum absolute atomic E-state index is 13.7. The number of aromatic nitrogens is 3. The fourth-order valence-corrected chi connectivity index (χ4v) is 3.65. The smallest absolute Gasteiger partial charge is 0.257 e. The van der Waals surface area contributed by atoms with Gasteiger partial charge in [0.05, 0.1) is 17.5 Å². The summed E-state index contributed by atoms with van der Waals surface area (Å²) in [6.07, 6.45) is 5.03. The van der Waals surface area contributed by atoms with E-state index in [1.807, 2.05) is 30.0 Å². The molecule has 0 spiro atoms. The minimum Gasteiger partial charge on any atom is -0.338 e. The van der Waals surface area contributed by atoms with Crippen LogP contribution in [0.5, 0.6) is 0 Å². The summed E-state index contributed by atoms with van der Waals surface area (Å²) in [6.45, 7) is 5.05. The van der Waals surface area contributed by atoms with Gasteiger partial charge < -0.3 is 4.90 Å². The normalized spacial score (nSPS) is 17.2. The number of halogens is 1. The van der Waals surface area contributed by atoms with Crippen LogP contribution in [0.3, 0.4) is 0 Å². The van der Waals surface area contributed by atoms with Gasteiger partial charge in [-0.3, -0.25) is 4.79 Å². The van der Waals surface area contributed by atoms with Gasteiger partial charge in [0.2, 0.25) is 0 Å². The number of benzene rings is 1. The Morgan fingerprint density at radius 2 is 2.15 bits per heavy atom. The second-order valence-electron chi connectivity index (χ2n) is 7.05. The molecule has 3 aromatic rings. The third kappa shape index (κ3) is 2.96. The molecule has 5 nitrogen and oxygen atoms in total. The Morgan fingerprint density at radius 1 is 1.31 bits per heavy atom. The molecule has 1 saturated heterocycles. The number of carbonyl (C=O) groups is 1. The Hall–Kier alpha value is -2.76. The van der Waals surface area contributed by atoms with Gasteiger partial charge in [-0.25, -0.2) is 13.9 Å². The van der Waals surface area contributed by atoms with Crippen LogP contribution in [0.25, 0.3) is 5.65 Å². The van der Waals surface area contributed by atoms with Gasteiger partial charge in [-0.05, 0) is 49.8 Å². The van der Waals surface area contributed by atoms with Crippen LogP contribution in [-0.2, 0) is 6.42 Å². The average Bonchev–Trinajstić information content (AvgIpc) is 3.28. The number of aryl methyl sites for hydroxylation is 2. The van der Waals surface area contributed by atoms with Gasteiger partial charge in [-0.2, -0.15) is 5.10 Å². The first kappa shape index (κ1) is 16.7. The average molecular weight is 352 g/mol. The van der Waals surface area contributed by atoms with Gasteiger partial charge in [0, 0.05) is 25.4 Å². The topological polar surface area (TPSA) is 50.5 Å². The minimum absolute atomic E-state index is 0.00927. The number of likely N-dealkylation sites (tertiary alicyclic amines) is 1. The van der Waals surface area contributed by atoms with E-state index in [-0.39, 0.29) is 11.7 Å². The van der Waals surface area contributed by atoms with E-state index >= 15 is 0 Å². The Bertz CT molecular complexity index is 981. The fourth-order valence-electron chi connectivity index (χ4n) is 3.65. The molecule has 1 aliphatic rings. The first-order valence-electron chi connectivity index (χ1n) is 8.86. The Kier molecular flexibility index (Phi) is 4.18. The van der Waals surface area contributed by atoms with Crippen LogP contribution in [0.15, 0.2) is 36.7 Å². The number of nitrogens with zero attached hydrogens (tertiary/aromatic N) is 4. The number of carbonyl (C=O) groups excluding carboxylic acids is 1. The lowest BCUT2D eigenvalue weighted by molar-refractivity contribution is 0.0785. The van der Waals surface area contributed by atoms with Crippen LogP contribution >= 0.6 is 0 Å². The van der Waals surface area contributed by atoms with Gasteiger partial charge in [-0.15, -0.1) is 0 Å². The molecule has 0 aliphatic carbocycles. The molecule has 0 N–H and O–H groups in total. The summed E-state index contributed by atoms with van der Waals surface area (Å²) in [6, 6.07) is 7.22. The quantitative estimate of drug-likeness (QED) is 0.727. The highest BCUT2D eigenvalue weighted by atomic mass is 19.1. The molecular weight excluding hydrogens is 331 g/mol. The van der Waals surface area contributed by atoms with Crippen LogP contribution in [0, 0.1) is 25.6 Å². The van der Waals surface area contributed by atoms with Crippen LogP contribution in [0.2, 0.25) is 0 Å². The van der Waals surface area contributed by atoms with Crippen molar-refractivity contribution in [3.8, 4) is 0 Å². The summed E-state index contributed by atoms with van der Waals surface area (Å²) < 4.78 is 15.4. The first-order valence-corrected chi connectivity index (χ1v) is 8.86. The number of rotatable bonds is 3. The summed E-state index contributed by atoms with van der Waals surface area (Å²) in [5, 5.41) is 4.22. The number of hydrogen-bond acceptors (Lipinski definition) is 3. The zero-order valence-electron chi connectivity index (χ0n) is 14.9. The van der Waals surface area contributed by atoms with E-state index in [4.69, 9.17) is 0 Å². The van der Waals surface area contributed by atoms with E-state index in [0.29, 0.717) is 30.1 Å². The molecule has 2 aromatic heterocycles. The van der Waals surface area contributed by atoms with E-state index in [9.17, 15) is 9.18 Å². The molecule has 1 aliphatic heterocycles. The molecular formula is C20H21FN4O. The molecule has 0 radical (unpaired) electrons. The lowest BCUT2D eigenvalue weighted by Gasteiger charge is -2.18. The lowest BCUT2D eigenvalue weighted by Crippen LogP contribution is -2.30. The highest BCUT2D eigenvalue weighted by Gasteiger charge is 2.28. The highest BCUT2D eigenvalue weighted by Crippen LogP contribution is 2.24. The second kappa shape index (κ2) is 6.52. The number of hydrogen-bond donors (Lipinski definition) is 0. The molecule has 1 fully saturated rings. The van der Waals surface area contributed by atoms with Crippen molar-refractivity contribution in [2.45, 2.75) is 26.7 Å². The van der Waals surface area contributed by atoms with Crippen molar-refractivity contribution in [3.05, 3.63) is 64.9 Å². The molecule has 1 unspecified atom stereocenters. The van der Waals surface area contributed by atoms with Crippen LogP contribution < -0.4 is 0 Å². The summed E-state index contributed by atoms with van der Waals surface area (Å²) in [5.41, 5.74) is 3.77. The van der Waals surface area contributed by atoms with Crippen molar-refractivity contribution in [1.29, 1.82) is 0 Å². The van der Waals surface area contributed by atoms with Crippen LogP contribution in [-0.4, -0.2) is 38.5 Å². The second-order valence-corrected chi connectivity index (χ2v) is 7.05. The predicted octanol–water partition coefficient (Wildman–Crippen LogP) is 3.19. The van der Waals surface area contributed by atoms with Crippen molar-refractivity contribution in [3.63, 3.8) is 0 Å². The monoisotopic (exact) mass is 352 g/mol. The Morgan fingerprint density at radius 3 is 2.96 bits per heavy atom. The van der Waals surface area contributed by atoms with Crippen molar-refractivity contribution in [2.24, 2.45) is 5.92 Å². The molecule has 1 aromatic carbocycles. The van der Waals surface area contributed by atoms with Gasteiger partial charge in [0.25, 0.3) is 5.91 Å². The standard InChI is InChI=1S/C20H21FN4O/c1-13-3-4-15(10-18(13)21)9-16-6-8-24(12-16)20(26)17-11-22-19-5-7-23-25(19)14(17)2/h3-5,7,10-11,16H,6,8-9,12H2,1-2H3. The molecule has 6 heteroatoms. The van der Waals surface area contributed by atoms with Crippen molar-refractivity contribution >= 4 is 11.6 Å². The van der Waals surface area contributed by atoms with E-state index in [1.165, 1.54) is 0 Å². The van der Waals surface area contributed by atoms with E-state index < -0.39 is 0 Å². The highest BCUT2D eigenvalue weighted by molar-refractivity contribution is 5.95. The zero-order valence-corrected chi connectivity index (χ0v) is 14.9.